The van der Waals surface area contributed by atoms with Gasteiger partial charge >= 0.3 is 0 Å². The molecule has 2 heterocycles. The quantitative estimate of drug-likeness (QED) is 0.517. The highest BCUT2D eigenvalue weighted by Gasteiger charge is 2.31. The Morgan fingerprint density at radius 2 is 2.00 bits per heavy atom. The van der Waals surface area contributed by atoms with Crippen LogP contribution in [0.5, 0.6) is 0 Å². The van der Waals surface area contributed by atoms with Crippen molar-refractivity contribution in [3.05, 3.63) is 56.5 Å². The lowest BCUT2D eigenvalue weighted by molar-refractivity contribution is 0.218. The highest BCUT2D eigenvalue weighted by atomic mass is 32.1. The van der Waals surface area contributed by atoms with Gasteiger partial charge < -0.3 is 0 Å². The molecule has 4 rings (SSSR count). The summed E-state index contributed by atoms with van der Waals surface area (Å²) in [6, 6.07) is 10.7. The van der Waals surface area contributed by atoms with E-state index in [1.54, 1.807) is 0 Å². The Hall–Kier alpha value is -1.72. The summed E-state index contributed by atoms with van der Waals surface area (Å²) in [5.74, 6) is 1.73. The van der Waals surface area contributed by atoms with Gasteiger partial charge in [0.15, 0.2) is 10.6 Å². The maximum Gasteiger partial charge on any atom is 0.196 e. The number of nitrogens with zero attached hydrogens (tertiary/aromatic N) is 2. The summed E-state index contributed by atoms with van der Waals surface area (Å²) in [5, 5.41) is 9.96. The summed E-state index contributed by atoms with van der Waals surface area (Å²) in [6.45, 7) is 9.29. The van der Waals surface area contributed by atoms with E-state index in [1.807, 2.05) is 17.4 Å². The molecule has 0 amide bonds. The van der Waals surface area contributed by atoms with E-state index in [2.05, 4.69) is 72.1 Å². The van der Waals surface area contributed by atoms with Gasteiger partial charge in [0.25, 0.3) is 0 Å². The molecule has 0 saturated heterocycles. The lowest BCUT2D eigenvalue weighted by atomic mass is 9.72. The first-order valence-electron chi connectivity index (χ1n) is 9.67. The number of fused-ring (bicyclic) bond motifs is 1. The maximum absolute atomic E-state index is 5.59. The van der Waals surface area contributed by atoms with Crippen molar-refractivity contribution in [2.24, 2.45) is 11.3 Å². The van der Waals surface area contributed by atoms with Gasteiger partial charge in [-0.2, -0.15) is 5.10 Å². The highest BCUT2D eigenvalue weighted by molar-refractivity contribution is 7.71. The predicted molar refractivity (Wildman–Crippen MR) is 116 cm³/mol. The van der Waals surface area contributed by atoms with E-state index < -0.39 is 0 Å². The number of H-pyrrole nitrogens is 1. The molecule has 0 spiro atoms. The SMILES string of the molecule is CC(c1ccccc1)n1c(-c2csc3c2CCC(C(C)(C)C)C3)n[nH]c1=S. The van der Waals surface area contributed by atoms with Crippen molar-refractivity contribution in [2.75, 3.05) is 0 Å². The minimum Gasteiger partial charge on any atom is -0.293 e. The normalized spacial score (nSPS) is 18.3. The molecule has 3 nitrogen and oxygen atoms in total. The maximum atomic E-state index is 5.59. The second-order valence-electron chi connectivity index (χ2n) is 8.67. The third-order valence-electron chi connectivity index (χ3n) is 5.99. The fourth-order valence-electron chi connectivity index (χ4n) is 4.17. The van der Waals surface area contributed by atoms with Crippen LogP contribution in [0.1, 0.15) is 56.2 Å². The lowest BCUT2D eigenvalue weighted by Crippen LogP contribution is -2.26. The van der Waals surface area contributed by atoms with Crippen molar-refractivity contribution in [1.82, 2.24) is 14.8 Å². The molecular formula is C22H27N3S2. The molecule has 1 aromatic carbocycles. The van der Waals surface area contributed by atoms with E-state index in [0.717, 1.165) is 18.2 Å². The third kappa shape index (κ3) is 3.43. The van der Waals surface area contributed by atoms with Crippen molar-refractivity contribution >= 4 is 23.6 Å². The predicted octanol–water partition coefficient (Wildman–Crippen LogP) is 6.43. The van der Waals surface area contributed by atoms with Crippen LogP contribution in [-0.2, 0) is 12.8 Å². The molecule has 5 heteroatoms. The molecule has 2 unspecified atom stereocenters. The summed E-state index contributed by atoms with van der Waals surface area (Å²) >= 11 is 7.48. The highest BCUT2D eigenvalue weighted by Crippen LogP contribution is 2.43. The fourth-order valence-corrected chi connectivity index (χ4v) is 5.62. The zero-order chi connectivity index (χ0) is 19.2. The molecule has 0 aliphatic heterocycles. The van der Waals surface area contributed by atoms with E-state index in [4.69, 9.17) is 12.2 Å². The zero-order valence-electron chi connectivity index (χ0n) is 16.5. The summed E-state index contributed by atoms with van der Waals surface area (Å²) in [5.41, 5.74) is 4.35. The van der Waals surface area contributed by atoms with E-state index >= 15 is 0 Å². The van der Waals surface area contributed by atoms with Crippen LogP contribution < -0.4 is 0 Å². The molecule has 1 aliphatic carbocycles. The Bertz CT molecular complexity index is 989. The topological polar surface area (TPSA) is 33.6 Å². The fraction of sp³-hybridized carbons (Fsp3) is 0.455. The molecule has 2 aromatic heterocycles. The number of benzene rings is 1. The smallest absolute Gasteiger partial charge is 0.196 e. The van der Waals surface area contributed by atoms with Crippen LogP contribution in [0.2, 0.25) is 0 Å². The zero-order valence-corrected chi connectivity index (χ0v) is 18.1. The first-order valence-corrected chi connectivity index (χ1v) is 11.0. The number of aromatic nitrogens is 3. The average molecular weight is 398 g/mol. The molecule has 0 fully saturated rings. The molecule has 2 atom stereocenters. The van der Waals surface area contributed by atoms with Gasteiger partial charge in [0.2, 0.25) is 0 Å². The van der Waals surface area contributed by atoms with Crippen LogP contribution in [0, 0.1) is 16.1 Å². The number of rotatable bonds is 3. The monoisotopic (exact) mass is 397 g/mol. The lowest BCUT2D eigenvalue weighted by Gasteiger charge is -2.34. The number of hydrogen-bond donors (Lipinski definition) is 1. The van der Waals surface area contributed by atoms with Gasteiger partial charge in [-0.05, 0) is 60.9 Å². The Balaban J connectivity index is 1.73. The summed E-state index contributed by atoms with van der Waals surface area (Å²) in [7, 11) is 0. The largest absolute Gasteiger partial charge is 0.293 e. The van der Waals surface area contributed by atoms with E-state index in [9.17, 15) is 0 Å². The van der Waals surface area contributed by atoms with Crippen LogP contribution in [0.15, 0.2) is 35.7 Å². The standard InChI is InChI=1S/C22H27N3S2/c1-14(15-8-6-5-7-9-15)25-20(23-24-21(25)26)18-13-27-19-12-16(22(2,3)4)10-11-17(18)19/h5-9,13-14,16H,10-12H2,1-4H3,(H,24,26). The van der Waals surface area contributed by atoms with Gasteiger partial charge in [0.1, 0.15) is 0 Å². The van der Waals surface area contributed by atoms with Crippen LogP contribution in [0.4, 0.5) is 0 Å². The van der Waals surface area contributed by atoms with Crippen molar-refractivity contribution < 1.29 is 0 Å². The van der Waals surface area contributed by atoms with Gasteiger partial charge in [0.05, 0.1) is 6.04 Å². The van der Waals surface area contributed by atoms with Gasteiger partial charge in [-0.3, -0.25) is 9.67 Å². The Morgan fingerprint density at radius 3 is 2.70 bits per heavy atom. The Kier molecular flexibility index (Phi) is 4.85. The third-order valence-corrected chi connectivity index (χ3v) is 7.33. The number of nitrogens with one attached hydrogen (secondary N) is 1. The van der Waals surface area contributed by atoms with E-state index in [1.165, 1.54) is 34.4 Å². The molecule has 27 heavy (non-hydrogen) atoms. The molecular weight excluding hydrogens is 370 g/mol. The van der Waals surface area contributed by atoms with E-state index in [0.29, 0.717) is 10.2 Å². The van der Waals surface area contributed by atoms with Crippen LogP contribution >= 0.6 is 23.6 Å². The molecule has 0 radical (unpaired) electrons. The van der Waals surface area contributed by atoms with Gasteiger partial charge in [-0.25, -0.2) is 0 Å². The second kappa shape index (κ2) is 7.02. The number of aromatic amines is 1. The molecule has 0 bridgehead atoms. The van der Waals surface area contributed by atoms with Crippen LogP contribution in [0.3, 0.4) is 0 Å². The molecule has 3 aromatic rings. The summed E-state index contributed by atoms with van der Waals surface area (Å²) in [6.07, 6.45) is 3.57. The molecule has 0 saturated carbocycles. The van der Waals surface area contributed by atoms with Crippen molar-refractivity contribution in [3.8, 4) is 11.4 Å². The van der Waals surface area contributed by atoms with Gasteiger partial charge in [-0.1, -0.05) is 51.1 Å². The Morgan fingerprint density at radius 1 is 1.26 bits per heavy atom. The first-order chi connectivity index (χ1) is 12.9. The van der Waals surface area contributed by atoms with Crippen molar-refractivity contribution in [1.29, 1.82) is 0 Å². The second-order valence-corrected chi connectivity index (χ2v) is 10.0. The Labute approximate surface area is 170 Å². The molecule has 142 valence electrons. The van der Waals surface area contributed by atoms with Gasteiger partial charge in [0, 0.05) is 15.8 Å². The van der Waals surface area contributed by atoms with Crippen molar-refractivity contribution in [2.45, 2.75) is 53.0 Å². The van der Waals surface area contributed by atoms with Crippen LogP contribution in [-0.4, -0.2) is 14.8 Å². The average Bonchev–Trinajstić information content (AvgIpc) is 3.23. The summed E-state index contributed by atoms with van der Waals surface area (Å²) in [4.78, 5) is 1.53. The van der Waals surface area contributed by atoms with Crippen molar-refractivity contribution in [3.63, 3.8) is 0 Å². The number of hydrogen-bond acceptors (Lipinski definition) is 3. The van der Waals surface area contributed by atoms with Crippen LogP contribution in [0.25, 0.3) is 11.4 Å². The summed E-state index contributed by atoms with van der Waals surface area (Å²) < 4.78 is 2.85. The minimum atomic E-state index is 0.147. The molecule has 1 N–H and O–H groups in total. The first kappa shape index (κ1) is 18.6. The minimum absolute atomic E-state index is 0.147. The van der Waals surface area contributed by atoms with E-state index in [-0.39, 0.29) is 6.04 Å². The molecule has 1 aliphatic rings. The number of thiophene rings is 1. The van der Waals surface area contributed by atoms with Gasteiger partial charge in [-0.15, -0.1) is 11.3 Å².